The van der Waals surface area contributed by atoms with Crippen molar-refractivity contribution in [2.75, 3.05) is 0 Å². The fourth-order valence-corrected chi connectivity index (χ4v) is 1.50. The Morgan fingerprint density at radius 3 is 2.41 bits per heavy atom. The summed E-state index contributed by atoms with van der Waals surface area (Å²) in [4.78, 5) is 21.1. The lowest BCUT2D eigenvalue weighted by Gasteiger charge is -2.18. The summed E-state index contributed by atoms with van der Waals surface area (Å²) in [6, 6.07) is -0.699. The topological polar surface area (TPSA) is 105 Å². The molecule has 98 valence electrons. The normalized spacial score (nSPS) is 13.5. The predicted octanol–water partition coefficient (Wildman–Crippen LogP) is 1.56. The Morgan fingerprint density at radius 2 is 2.00 bits per heavy atom. The molecule has 0 radical (unpaired) electrons. The number of hydrogen-bond donors (Lipinski definition) is 3. The first-order valence-corrected chi connectivity index (χ1v) is 5.63. The lowest BCUT2D eigenvalue weighted by molar-refractivity contribution is -0.138. The van der Waals surface area contributed by atoms with Crippen LogP contribution in [0.15, 0.2) is 5.10 Å². The molecule has 0 aliphatic carbocycles. The molecule has 0 spiro atoms. The number of amides is 2. The largest absolute Gasteiger partial charge is 0.481 e. The summed E-state index contributed by atoms with van der Waals surface area (Å²) in [6.45, 7) is 5.78. The molecule has 0 aromatic rings. The SMILES string of the molecule is CC(CC[C@H](CC(=O)O)C(C)C)=NNC(N)=O. The summed E-state index contributed by atoms with van der Waals surface area (Å²) in [5.74, 6) is -0.359. The maximum Gasteiger partial charge on any atom is 0.332 e. The number of carbonyl (C=O) groups excluding carboxylic acids is 1. The minimum absolute atomic E-state index is 0.117. The first kappa shape index (κ1) is 15.4. The molecule has 0 saturated carbocycles. The van der Waals surface area contributed by atoms with Gasteiger partial charge in [-0.3, -0.25) is 4.79 Å². The molecule has 17 heavy (non-hydrogen) atoms. The van der Waals surface area contributed by atoms with Crippen LogP contribution in [0.5, 0.6) is 0 Å². The molecule has 0 aromatic carbocycles. The molecule has 6 heteroatoms. The van der Waals surface area contributed by atoms with Gasteiger partial charge in [-0.2, -0.15) is 5.10 Å². The number of nitrogens with two attached hydrogens (primary N) is 1. The molecule has 0 aliphatic heterocycles. The minimum Gasteiger partial charge on any atom is -0.481 e. The van der Waals surface area contributed by atoms with Gasteiger partial charge in [0.25, 0.3) is 0 Å². The number of nitrogens with one attached hydrogen (secondary N) is 1. The second-order valence-electron chi connectivity index (χ2n) is 4.46. The third-order valence-corrected chi connectivity index (χ3v) is 2.61. The van der Waals surface area contributed by atoms with Crippen molar-refractivity contribution in [2.45, 2.75) is 40.0 Å². The van der Waals surface area contributed by atoms with E-state index in [1.807, 2.05) is 13.8 Å². The van der Waals surface area contributed by atoms with Crippen LogP contribution in [0.25, 0.3) is 0 Å². The fourth-order valence-electron chi connectivity index (χ4n) is 1.50. The Balaban J connectivity index is 4.16. The van der Waals surface area contributed by atoms with Gasteiger partial charge in [0, 0.05) is 12.1 Å². The summed E-state index contributed by atoms with van der Waals surface area (Å²) in [5, 5.41) is 12.5. The van der Waals surface area contributed by atoms with Crippen LogP contribution in [-0.2, 0) is 4.79 Å². The first-order chi connectivity index (χ1) is 7.82. The van der Waals surface area contributed by atoms with E-state index in [-0.39, 0.29) is 12.3 Å². The third-order valence-electron chi connectivity index (χ3n) is 2.61. The maximum atomic E-state index is 10.7. The van der Waals surface area contributed by atoms with E-state index in [1.165, 1.54) is 0 Å². The van der Waals surface area contributed by atoms with Crippen LogP contribution in [-0.4, -0.2) is 22.8 Å². The minimum atomic E-state index is -0.784. The molecule has 0 unspecified atom stereocenters. The van der Waals surface area contributed by atoms with Crippen LogP contribution >= 0.6 is 0 Å². The van der Waals surface area contributed by atoms with E-state index in [9.17, 15) is 9.59 Å². The van der Waals surface area contributed by atoms with Crippen LogP contribution in [0, 0.1) is 11.8 Å². The zero-order chi connectivity index (χ0) is 13.4. The lowest BCUT2D eigenvalue weighted by atomic mass is 9.88. The zero-order valence-electron chi connectivity index (χ0n) is 10.6. The number of hydrazone groups is 1. The van der Waals surface area contributed by atoms with Gasteiger partial charge in [-0.1, -0.05) is 13.8 Å². The first-order valence-electron chi connectivity index (χ1n) is 5.63. The Kier molecular flexibility index (Phi) is 6.93. The number of hydrogen-bond acceptors (Lipinski definition) is 3. The molecular formula is C11H21N3O3. The van der Waals surface area contributed by atoms with Crippen LogP contribution in [0.3, 0.4) is 0 Å². The van der Waals surface area contributed by atoms with Crippen molar-refractivity contribution < 1.29 is 14.7 Å². The van der Waals surface area contributed by atoms with Gasteiger partial charge in [0.15, 0.2) is 0 Å². The molecule has 0 heterocycles. The van der Waals surface area contributed by atoms with E-state index in [0.717, 1.165) is 12.1 Å². The molecule has 0 rings (SSSR count). The molecule has 0 aromatic heterocycles. The summed E-state index contributed by atoms with van der Waals surface area (Å²) in [5.41, 5.74) is 7.76. The van der Waals surface area contributed by atoms with E-state index in [2.05, 4.69) is 10.5 Å². The highest BCUT2D eigenvalue weighted by Gasteiger charge is 2.17. The highest BCUT2D eigenvalue weighted by Crippen LogP contribution is 2.21. The summed E-state index contributed by atoms with van der Waals surface area (Å²) in [6.07, 6.45) is 1.55. The Labute approximate surface area is 101 Å². The van der Waals surface area contributed by atoms with E-state index in [1.54, 1.807) is 6.92 Å². The van der Waals surface area contributed by atoms with Crippen molar-refractivity contribution in [3.8, 4) is 0 Å². The van der Waals surface area contributed by atoms with Crippen LogP contribution in [0.1, 0.15) is 40.0 Å². The van der Waals surface area contributed by atoms with E-state index < -0.39 is 12.0 Å². The fraction of sp³-hybridized carbons (Fsp3) is 0.727. The Bertz CT molecular complexity index is 300. The zero-order valence-corrected chi connectivity index (χ0v) is 10.6. The number of carboxylic acid groups (broad SMARTS) is 1. The van der Waals surface area contributed by atoms with Gasteiger partial charge in [0.05, 0.1) is 0 Å². The molecule has 4 N–H and O–H groups in total. The highest BCUT2D eigenvalue weighted by molar-refractivity contribution is 5.83. The molecule has 1 atom stereocenters. The number of aliphatic carboxylic acids is 1. The number of carboxylic acids is 1. The Hall–Kier alpha value is -1.59. The van der Waals surface area contributed by atoms with Gasteiger partial charge in [0.1, 0.15) is 0 Å². The summed E-state index contributed by atoms with van der Waals surface area (Å²) >= 11 is 0. The second-order valence-corrected chi connectivity index (χ2v) is 4.46. The van der Waals surface area contributed by atoms with Gasteiger partial charge < -0.3 is 10.8 Å². The average molecular weight is 243 g/mol. The van der Waals surface area contributed by atoms with Crippen molar-refractivity contribution in [1.29, 1.82) is 0 Å². The molecule has 0 aliphatic rings. The van der Waals surface area contributed by atoms with Gasteiger partial charge in [-0.05, 0) is 31.6 Å². The third kappa shape index (κ3) is 8.24. The van der Waals surface area contributed by atoms with Crippen molar-refractivity contribution >= 4 is 17.7 Å². The van der Waals surface area contributed by atoms with Crippen LogP contribution < -0.4 is 11.2 Å². The summed E-state index contributed by atoms with van der Waals surface area (Å²) in [7, 11) is 0. The van der Waals surface area contributed by atoms with Crippen molar-refractivity contribution in [3.05, 3.63) is 0 Å². The number of rotatable bonds is 7. The van der Waals surface area contributed by atoms with Gasteiger partial charge in [-0.25, -0.2) is 10.2 Å². The van der Waals surface area contributed by atoms with Gasteiger partial charge >= 0.3 is 12.0 Å². The van der Waals surface area contributed by atoms with E-state index in [4.69, 9.17) is 10.8 Å². The average Bonchev–Trinajstić information content (AvgIpc) is 2.20. The maximum absolute atomic E-state index is 10.7. The molecule has 0 saturated heterocycles. The Morgan fingerprint density at radius 1 is 1.41 bits per heavy atom. The van der Waals surface area contributed by atoms with Crippen LogP contribution in [0.4, 0.5) is 4.79 Å². The van der Waals surface area contributed by atoms with Crippen molar-refractivity contribution in [3.63, 3.8) is 0 Å². The van der Waals surface area contributed by atoms with E-state index in [0.29, 0.717) is 12.3 Å². The lowest BCUT2D eigenvalue weighted by Crippen LogP contribution is -2.25. The monoisotopic (exact) mass is 243 g/mol. The molecular weight excluding hydrogens is 222 g/mol. The number of carbonyl (C=O) groups is 2. The number of urea groups is 1. The molecule has 0 fully saturated rings. The van der Waals surface area contributed by atoms with Gasteiger partial charge in [-0.15, -0.1) is 0 Å². The number of nitrogens with zero attached hydrogens (tertiary/aromatic N) is 1. The quantitative estimate of drug-likeness (QED) is 0.466. The van der Waals surface area contributed by atoms with E-state index >= 15 is 0 Å². The number of primary amides is 1. The van der Waals surface area contributed by atoms with Crippen molar-refractivity contribution in [1.82, 2.24) is 5.43 Å². The smallest absolute Gasteiger partial charge is 0.332 e. The summed E-state index contributed by atoms with van der Waals surface area (Å²) < 4.78 is 0. The molecule has 6 nitrogen and oxygen atoms in total. The van der Waals surface area contributed by atoms with Crippen molar-refractivity contribution in [2.24, 2.45) is 22.7 Å². The predicted molar refractivity (Wildman–Crippen MR) is 65.6 cm³/mol. The van der Waals surface area contributed by atoms with Crippen LogP contribution in [0.2, 0.25) is 0 Å². The second kappa shape index (κ2) is 7.65. The molecule has 2 amide bonds. The molecule has 0 bridgehead atoms. The highest BCUT2D eigenvalue weighted by atomic mass is 16.4. The van der Waals surface area contributed by atoms with Gasteiger partial charge in [0.2, 0.25) is 0 Å². The standard InChI is InChI=1S/C11H21N3O3/c1-7(2)9(6-10(15)16)5-4-8(3)13-14-11(12)17/h7,9H,4-6H2,1-3H3,(H,15,16)(H3,12,14,17)/t9-/m1/s1.